The lowest BCUT2D eigenvalue weighted by Crippen LogP contribution is -2.50. The Kier molecular flexibility index (Phi) is 7.69. The molecule has 0 radical (unpaired) electrons. The van der Waals surface area contributed by atoms with Crippen LogP contribution >= 0.6 is 0 Å². The van der Waals surface area contributed by atoms with Crippen LogP contribution in [-0.2, 0) is 19.1 Å². The zero-order valence-corrected chi connectivity index (χ0v) is 20.7. The lowest BCUT2D eigenvalue weighted by Gasteiger charge is -2.30. The van der Waals surface area contributed by atoms with E-state index in [1.807, 2.05) is 19.1 Å². The topological polar surface area (TPSA) is 105 Å². The molecule has 0 aromatic heterocycles. The molecule has 190 valence electrons. The number of ether oxygens (including phenoxy) is 2. The minimum Gasteiger partial charge on any atom is -0.451 e. The van der Waals surface area contributed by atoms with Crippen LogP contribution in [0.5, 0.6) is 0 Å². The molecule has 1 N–H and O–H groups in total. The van der Waals surface area contributed by atoms with Gasteiger partial charge in [-0.05, 0) is 49.2 Å². The van der Waals surface area contributed by atoms with E-state index >= 15 is 0 Å². The first-order valence-electron chi connectivity index (χ1n) is 12.2. The minimum absolute atomic E-state index is 0.259. The molecule has 2 heterocycles. The third-order valence-corrected chi connectivity index (χ3v) is 6.70. The average Bonchev–Trinajstić information content (AvgIpc) is 3.15. The number of esters is 1. The number of hydrogen-bond donors (Lipinski definition) is 1. The molecular weight excluding hydrogens is 462 g/mol. The molecule has 2 aliphatic heterocycles. The van der Waals surface area contributed by atoms with Crippen molar-refractivity contribution in [3.05, 3.63) is 59.7 Å². The number of nitrogens with zero attached hydrogens (tertiary/aromatic N) is 2. The monoisotopic (exact) mass is 493 g/mol. The number of morpholine rings is 1. The largest absolute Gasteiger partial charge is 0.451 e. The van der Waals surface area contributed by atoms with E-state index in [0.29, 0.717) is 25.3 Å². The zero-order valence-electron chi connectivity index (χ0n) is 20.7. The molecule has 0 aliphatic carbocycles. The summed E-state index contributed by atoms with van der Waals surface area (Å²) in [6.45, 7) is 8.08. The molecule has 0 bridgehead atoms. The Morgan fingerprint density at radius 3 is 2.11 bits per heavy atom. The summed E-state index contributed by atoms with van der Waals surface area (Å²) in [6.07, 6.45) is -0.596. The number of carbonyl (C=O) groups excluding carboxylic acids is 4. The van der Waals surface area contributed by atoms with Gasteiger partial charge in [-0.2, -0.15) is 0 Å². The van der Waals surface area contributed by atoms with Gasteiger partial charge >= 0.3 is 5.97 Å². The molecule has 36 heavy (non-hydrogen) atoms. The Hall–Kier alpha value is -3.72. The predicted octanol–water partition coefficient (Wildman–Crippen LogP) is 3.10. The Morgan fingerprint density at radius 2 is 1.56 bits per heavy atom. The number of benzene rings is 2. The van der Waals surface area contributed by atoms with Gasteiger partial charge in [0.15, 0.2) is 6.10 Å². The summed E-state index contributed by atoms with van der Waals surface area (Å²) in [7, 11) is 0. The molecule has 0 unspecified atom stereocenters. The summed E-state index contributed by atoms with van der Waals surface area (Å²) in [6, 6.07) is 12.7. The van der Waals surface area contributed by atoms with Gasteiger partial charge in [-0.15, -0.1) is 0 Å². The van der Waals surface area contributed by atoms with Crippen molar-refractivity contribution in [3.8, 4) is 0 Å². The van der Waals surface area contributed by atoms with Gasteiger partial charge in [0, 0.05) is 24.5 Å². The third kappa shape index (κ3) is 5.11. The fourth-order valence-corrected chi connectivity index (χ4v) is 4.39. The molecule has 2 aromatic rings. The minimum atomic E-state index is -1.13. The smallest absolute Gasteiger partial charge is 0.330 e. The van der Waals surface area contributed by atoms with Crippen LogP contribution in [0.3, 0.4) is 0 Å². The summed E-state index contributed by atoms with van der Waals surface area (Å²) >= 11 is 0. The molecule has 1 fully saturated rings. The van der Waals surface area contributed by atoms with Gasteiger partial charge in [0.25, 0.3) is 17.7 Å². The molecule has 0 spiro atoms. The maximum atomic E-state index is 13.2. The van der Waals surface area contributed by atoms with Crippen molar-refractivity contribution in [3.63, 3.8) is 0 Å². The Balaban J connectivity index is 1.41. The van der Waals surface area contributed by atoms with Gasteiger partial charge in [0.2, 0.25) is 0 Å². The number of anilines is 2. The first-order valence-corrected chi connectivity index (χ1v) is 12.2. The Bertz CT molecular complexity index is 1110. The van der Waals surface area contributed by atoms with Crippen molar-refractivity contribution in [1.29, 1.82) is 0 Å². The lowest BCUT2D eigenvalue weighted by molar-refractivity contribution is -0.158. The summed E-state index contributed by atoms with van der Waals surface area (Å²) in [5, 5.41) is 2.75. The first-order chi connectivity index (χ1) is 17.3. The highest BCUT2D eigenvalue weighted by Crippen LogP contribution is 2.29. The van der Waals surface area contributed by atoms with E-state index in [-0.39, 0.29) is 17.0 Å². The van der Waals surface area contributed by atoms with E-state index < -0.39 is 35.8 Å². The van der Waals surface area contributed by atoms with Crippen LogP contribution in [0.25, 0.3) is 0 Å². The second-order valence-corrected chi connectivity index (χ2v) is 9.07. The fraction of sp³-hybridized carbons (Fsp3) is 0.407. The normalized spacial score (nSPS) is 17.9. The van der Waals surface area contributed by atoms with Crippen molar-refractivity contribution < 1.29 is 28.7 Å². The standard InChI is InChI=1S/C27H31N3O6/c1-4-17(2)23(30-25(32)21-7-5-6-8-22(21)26(30)33)27(34)36-18(3)24(31)28-19-9-11-20(12-10-19)29-13-15-35-16-14-29/h5-12,17-18,23H,4,13-16H2,1-3H3,(H,28,31)/t17-,18+,23+/m0/s1. The van der Waals surface area contributed by atoms with Gasteiger partial charge in [-0.3, -0.25) is 19.3 Å². The molecule has 3 atom stereocenters. The van der Waals surface area contributed by atoms with Gasteiger partial charge < -0.3 is 19.7 Å². The van der Waals surface area contributed by atoms with Crippen molar-refractivity contribution in [2.45, 2.75) is 39.3 Å². The van der Waals surface area contributed by atoms with Crippen molar-refractivity contribution >= 4 is 35.1 Å². The summed E-state index contributed by atoms with van der Waals surface area (Å²) in [4.78, 5) is 55.1. The van der Waals surface area contributed by atoms with Crippen LogP contribution in [-0.4, -0.2) is 67.0 Å². The second-order valence-electron chi connectivity index (χ2n) is 9.07. The number of fused-ring (bicyclic) bond motifs is 1. The lowest BCUT2D eigenvalue weighted by atomic mass is 9.97. The van der Waals surface area contributed by atoms with E-state index in [2.05, 4.69) is 10.2 Å². The summed E-state index contributed by atoms with van der Waals surface area (Å²) in [5.74, 6) is -2.72. The number of nitrogens with one attached hydrogen (secondary N) is 1. The van der Waals surface area contributed by atoms with E-state index in [4.69, 9.17) is 9.47 Å². The maximum Gasteiger partial charge on any atom is 0.330 e. The molecule has 0 saturated carbocycles. The molecule has 2 aromatic carbocycles. The fourth-order valence-electron chi connectivity index (χ4n) is 4.39. The van der Waals surface area contributed by atoms with Crippen LogP contribution in [0.1, 0.15) is 47.9 Å². The zero-order chi connectivity index (χ0) is 25.8. The number of amides is 3. The highest BCUT2D eigenvalue weighted by Gasteiger charge is 2.45. The van der Waals surface area contributed by atoms with Gasteiger partial charge in [0.05, 0.1) is 24.3 Å². The summed E-state index contributed by atoms with van der Waals surface area (Å²) < 4.78 is 10.9. The molecule has 2 aliphatic rings. The van der Waals surface area contributed by atoms with Crippen LogP contribution in [0.15, 0.2) is 48.5 Å². The predicted molar refractivity (Wildman–Crippen MR) is 134 cm³/mol. The first kappa shape index (κ1) is 25.4. The van der Waals surface area contributed by atoms with Crippen LogP contribution < -0.4 is 10.2 Å². The average molecular weight is 494 g/mol. The number of hydrogen-bond acceptors (Lipinski definition) is 7. The molecule has 1 saturated heterocycles. The number of carbonyl (C=O) groups is 4. The highest BCUT2D eigenvalue weighted by molar-refractivity contribution is 6.22. The van der Waals surface area contributed by atoms with Crippen LogP contribution in [0.4, 0.5) is 11.4 Å². The molecule has 4 rings (SSSR count). The molecule has 9 heteroatoms. The van der Waals surface area contributed by atoms with Crippen molar-refractivity contribution in [2.24, 2.45) is 5.92 Å². The number of rotatable bonds is 8. The quantitative estimate of drug-likeness (QED) is 0.445. The second kappa shape index (κ2) is 10.9. The molecular formula is C27H31N3O6. The van der Waals surface area contributed by atoms with Gasteiger partial charge in [-0.25, -0.2) is 4.79 Å². The highest BCUT2D eigenvalue weighted by atomic mass is 16.5. The van der Waals surface area contributed by atoms with Crippen LogP contribution in [0.2, 0.25) is 0 Å². The van der Waals surface area contributed by atoms with E-state index in [1.165, 1.54) is 6.92 Å². The van der Waals surface area contributed by atoms with E-state index in [0.717, 1.165) is 23.7 Å². The van der Waals surface area contributed by atoms with Crippen LogP contribution in [0, 0.1) is 5.92 Å². The van der Waals surface area contributed by atoms with Crippen molar-refractivity contribution in [1.82, 2.24) is 4.90 Å². The van der Waals surface area contributed by atoms with Crippen molar-refractivity contribution in [2.75, 3.05) is 36.5 Å². The Morgan fingerprint density at radius 1 is 0.972 bits per heavy atom. The SMILES string of the molecule is CC[C@H](C)[C@H](C(=O)O[C@H](C)C(=O)Nc1ccc(N2CCOCC2)cc1)N1C(=O)c2ccccc2C1=O. The Labute approximate surface area is 210 Å². The molecule has 3 amide bonds. The van der Waals surface area contributed by atoms with Gasteiger partial charge in [-0.1, -0.05) is 32.4 Å². The summed E-state index contributed by atoms with van der Waals surface area (Å²) in [5.41, 5.74) is 2.12. The van der Waals surface area contributed by atoms with E-state index in [9.17, 15) is 19.2 Å². The van der Waals surface area contributed by atoms with Gasteiger partial charge in [0.1, 0.15) is 6.04 Å². The molecule has 9 nitrogen and oxygen atoms in total. The third-order valence-electron chi connectivity index (χ3n) is 6.70. The van der Waals surface area contributed by atoms with E-state index in [1.54, 1.807) is 43.3 Å². The maximum absolute atomic E-state index is 13.2. The number of imide groups is 1.